The Morgan fingerprint density at radius 3 is 2.46 bits per heavy atom. The highest BCUT2D eigenvalue weighted by Gasteiger charge is 2.27. The fourth-order valence-corrected chi connectivity index (χ4v) is 3.38. The molecular weight excluding hydrogens is 342 g/mol. The van der Waals surface area contributed by atoms with E-state index in [9.17, 15) is 4.79 Å². The van der Waals surface area contributed by atoms with E-state index in [1.54, 1.807) is 28.8 Å². The van der Waals surface area contributed by atoms with Crippen molar-refractivity contribution >= 4 is 45.9 Å². The predicted octanol–water partition coefficient (Wildman–Crippen LogP) is 5.18. The highest BCUT2D eigenvalue weighted by molar-refractivity contribution is 8.15. The zero-order valence-electron chi connectivity index (χ0n) is 13.5. The lowest BCUT2D eigenvalue weighted by Gasteiger charge is -2.23. The standard InChI is InChI=1S/C18H18ClN3OS/c1-12-3-7-15(8-4-12)21-17(23)22(18-20-11-13(2)24-18)16-9-5-14(19)6-10-16/h3-10,13H,11H2,1-2H3,(H,21,23). The van der Waals surface area contributed by atoms with Gasteiger partial charge in [0.1, 0.15) is 0 Å². The number of amidine groups is 1. The molecule has 2 aromatic rings. The Morgan fingerprint density at radius 2 is 1.88 bits per heavy atom. The van der Waals surface area contributed by atoms with E-state index in [-0.39, 0.29) is 6.03 Å². The summed E-state index contributed by atoms with van der Waals surface area (Å²) in [5.41, 5.74) is 2.64. The molecule has 1 aliphatic heterocycles. The fraction of sp³-hybridized carbons (Fsp3) is 0.222. The number of aliphatic imine (C=N–C) groups is 1. The summed E-state index contributed by atoms with van der Waals surface area (Å²) in [6, 6.07) is 14.7. The van der Waals surface area contributed by atoms with Crippen molar-refractivity contribution < 1.29 is 4.79 Å². The SMILES string of the molecule is Cc1ccc(NC(=O)N(C2=NCC(C)S2)c2ccc(Cl)cc2)cc1. The molecule has 3 rings (SSSR count). The van der Waals surface area contributed by atoms with Crippen molar-refractivity contribution in [1.29, 1.82) is 0 Å². The van der Waals surface area contributed by atoms with Gasteiger partial charge in [0.25, 0.3) is 0 Å². The second-order valence-corrected chi connectivity index (χ2v) is 7.50. The Kier molecular flexibility index (Phi) is 5.11. The quantitative estimate of drug-likeness (QED) is 0.803. The minimum absolute atomic E-state index is 0.235. The molecule has 124 valence electrons. The van der Waals surface area contributed by atoms with Crippen LogP contribution in [-0.4, -0.2) is 23.0 Å². The number of nitrogens with one attached hydrogen (secondary N) is 1. The maximum Gasteiger partial charge on any atom is 0.332 e. The number of amides is 2. The fourth-order valence-electron chi connectivity index (χ4n) is 2.31. The molecule has 0 aromatic heterocycles. The van der Waals surface area contributed by atoms with E-state index in [2.05, 4.69) is 17.2 Å². The van der Waals surface area contributed by atoms with Crippen molar-refractivity contribution in [3.63, 3.8) is 0 Å². The predicted molar refractivity (Wildman–Crippen MR) is 103 cm³/mol. The van der Waals surface area contributed by atoms with Crippen molar-refractivity contribution in [2.45, 2.75) is 19.1 Å². The van der Waals surface area contributed by atoms with Crippen LogP contribution in [0.3, 0.4) is 0 Å². The number of benzene rings is 2. The highest BCUT2D eigenvalue weighted by Crippen LogP contribution is 2.28. The summed E-state index contributed by atoms with van der Waals surface area (Å²) >= 11 is 7.56. The van der Waals surface area contributed by atoms with Gasteiger partial charge in [-0.2, -0.15) is 0 Å². The number of anilines is 2. The van der Waals surface area contributed by atoms with Gasteiger partial charge in [0, 0.05) is 16.0 Å². The van der Waals surface area contributed by atoms with Crippen LogP contribution >= 0.6 is 23.4 Å². The first-order chi connectivity index (χ1) is 11.5. The summed E-state index contributed by atoms with van der Waals surface area (Å²) in [7, 11) is 0. The Labute approximate surface area is 150 Å². The third-order valence-corrected chi connectivity index (χ3v) is 4.90. The first kappa shape index (κ1) is 16.9. The van der Waals surface area contributed by atoms with Crippen molar-refractivity contribution in [3.05, 3.63) is 59.1 Å². The monoisotopic (exact) mass is 359 g/mol. The average Bonchev–Trinajstić information content (AvgIpc) is 2.98. The summed E-state index contributed by atoms with van der Waals surface area (Å²) < 4.78 is 0. The Morgan fingerprint density at radius 1 is 1.21 bits per heavy atom. The van der Waals surface area contributed by atoms with Gasteiger partial charge >= 0.3 is 6.03 Å². The molecule has 6 heteroatoms. The van der Waals surface area contributed by atoms with E-state index >= 15 is 0 Å². The second-order valence-electron chi connectivity index (χ2n) is 5.66. The molecule has 24 heavy (non-hydrogen) atoms. The summed E-state index contributed by atoms with van der Waals surface area (Å²) in [6.45, 7) is 4.82. The van der Waals surface area contributed by atoms with Crippen LogP contribution in [-0.2, 0) is 0 Å². The first-order valence-corrected chi connectivity index (χ1v) is 8.93. The van der Waals surface area contributed by atoms with Gasteiger partial charge in [-0.05, 0) is 43.3 Å². The van der Waals surface area contributed by atoms with Crippen LogP contribution in [0.15, 0.2) is 53.5 Å². The maximum absolute atomic E-state index is 12.9. The van der Waals surface area contributed by atoms with Gasteiger partial charge < -0.3 is 5.32 Å². The summed E-state index contributed by atoms with van der Waals surface area (Å²) in [4.78, 5) is 19.0. The maximum atomic E-state index is 12.9. The lowest BCUT2D eigenvalue weighted by atomic mass is 10.2. The smallest absolute Gasteiger partial charge is 0.307 e. The van der Waals surface area contributed by atoms with Gasteiger partial charge in [-0.1, -0.05) is 48.0 Å². The van der Waals surface area contributed by atoms with Crippen LogP contribution in [0.2, 0.25) is 5.02 Å². The van der Waals surface area contributed by atoms with Crippen LogP contribution in [0.25, 0.3) is 0 Å². The zero-order valence-corrected chi connectivity index (χ0v) is 15.1. The molecule has 1 heterocycles. The van der Waals surface area contributed by atoms with Gasteiger partial charge in [-0.15, -0.1) is 0 Å². The van der Waals surface area contributed by atoms with Crippen molar-refractivity contribution in [1.82, 2.24) is 0 Å². The number of rotatable bonds is 2. The molecule has 1 unspecified atom stereocenters. The lowest BCUT2D eigenvalue weighted by Crippen LogP contribution is -2.38. The molecule has 0 spiro atoms. The van der Waals surface area contributed by atoms with Crippen molar-refractivity contribution in [3.8, 4) is 0 Å². The van der Waals surface area contributed by atoms with E-state index < -0.39 is 0 Å². The van der Waals surface area contributed by atoms with E-state index in [0.29, 0.717) is 22.0 Å². The van der Waals surface area contributed by atoms with E-state index in [4.69, 9.17) is 11.6 Å². The van der Waals surface area contributed by atoms with Crippen LogP contribution in [0.4, 0.5) is 16.2 Å². The van der Waals surface area contributed by atoms with Crippen LogP contribution in [0.1, 0.15) is 12.5 Å². The normalized spacial score (nSPS) is 16.6. The largest absolute Gasteiger partial charge is 0.332 e. The van der Waals surface area contributed by atoms with E-state index in [1.165, 1.54) is 0 Å². The van der Waals surface area contributed by atoms with Gasteiger partial charge in [-0.3, -0.25) is 4.99 Å². The number of halogens is 1. The lowest BCUT2D eigenvalue weighted by molar-refractivity contribution is 0.259. The molecule has 2 aromatic carbocycles. The molecule has 0 radical (unpaired) electrons. The number of hydrogen-bond donors (Lipinski definition) is 1. The van der Waals surface area contributed by atoms with Crippen LogP contribution in [0.5, 0.6) is 0 Å². The summed E-state index contributed by atoms with van der Waals surface area (Å²) in [6.07, 6.45) is 0. The number of urea groups is 1. The summed E-state index contributed by atoms with van der Waals surface area (Å²) in [5.74, 6) is 0. The van der Waals surface area contributed by atoms with Crippen LogP contribution < -0.4 is 10.2 Å². The number of nitrogens with zero attached hydrogens (tertiary/aromatic N) is 2. The number of hydrogen-bond acceptors (Lipinski definition) is 3. The number of aryl methyl sites for hydroxylation is 1. The second kappa shape index (κ2) is 7.28. The van der Waals surface area contributed by atoms with Gasteiger partial charge in [0.05, 0.1) is 12.2 Å². The molecule has 1 aliphatic rings. The zero-order chi connectivity index (χ0) is 17.1. The first-order valence-electron chi connectivity index (χ1n) is 7.67. The van der Waals surface area contributed by atoms with Gasteiger partial charge in [0.15, 0.2) is 5.17 Å². The average molecular weight is 360 g/mol. The van der Waals surface area contributed by atoms with E-state index in [0.717, 1.165) is 16.9 Å². The number of thioether (sulfide) groups is 1. The molecule has 0 aliphatic carbocycles. The number of carbonyl (C=O) groups excluding carboxylic acids is 1. The molecule has 1 atom stereocenters. The third kappa shape index (κ3) is 3.91. The van der Waals surface area contributed by atoms with Crippen molar-refractivity contribution in [2.75, 3.05) is 16.8 Å². The molecule has 0 saturated carbocycles. The van der Waals surface area contributed by atoms with Gasteiger partial charge in [-0.25, -0.2) is 9.69 Å². The minimum atomic E-state index is -0.235. The topological polar surface area (TPSA) is 44.7 Å². The molecule has 4 nitrogen and oxygen atoms in total. The Hall–Kier alpha value is -1.98. The third-order valence-electron chi connectivity index (χ3n) is 3.57. The number of carbonyl (C=O) groups is 1. The van der Waals surface area contributed by atoms with Crippen LogP contribution in [0, 0.1) is 6.92 Å². The Bertz CT molecular complexity index is 759. The highest BCUT2D eigenvalue weighted by atomic mass is 35.5. The van der Waals surface area contributed by atoms with Crippen molar-refractivity contribution in [2.24, 2.45) is 4.99 Å². The molecular formula is C18H18ClN3OS. The molecule has 0 saturated heterocycles. The van der Waals surface area contributed by atoms with Gasteiger partial charge in [0.2, 0.25) is 0 Å². The van der Waals surface area contributed by atoms with E-state index in [1.807, 2.05) is 43.3 Å². The Balaban J connectivity index is 1.87. The molecule has 0 bridgehead atoms. The summed E-state index contributed by atoms with van der Waals surface area (Å²) in [5, 5.41) is 4.63. The minimum Gasteiger partial charge on any atom is -0.307 e. The molecule has 1 N–H and O–H groups in total. The molecule has 2 amide bonds. The molecule has 0 fully saturated rings.